The van der Waals surface area contributed by atoms with Crippen LogP contribution in [0.3, 0.4) is 0 Å². The van der Waals surface area contributed by atoms with Gasteiger partial charge in [0.1, 0.15) is 5.82 Å². The molecule has 2 unspecified atom stereocenters. The molecule has 5 rings (SSSR count). The molecule has 3 aromatic rings. The van der Waals surface area contributed by atoms with Crippen LogP contribution in [0, 0.1) is 11.7 Å². The molecule has 1 aliphatic carbocycles. The summed E-state index contributed by atoms with van der Waals surface area (Å²) >= 11 is 0. The Hall–Kier alpha value is -2.39. The van der Waals surface area contributed by atoms with Crippen molar-refractivity contribution in [3.8, 4) is 0 Å². The Kier molecular flexibility index (Phi) is 4.77. The van der Waals surface area contributed by atoms with Gasteiger partial charge in [-0.05, 0) is 79.3 Å². The molecule has 1 aromatic heterocycles. The van der Waals surface area contributed by atoms with E-state index in [4.69, 9.17) is 0 Å². The van der Waals surface area contributed by atoms with E-state index in [0.29, 0.717) is 12.0 Å². The van der Waals surface area contributed by atoms with Gasteiger partial charge in [0, 0.05) is 29.2 Å². The second-order valence-electron chi connectivity index (χ2n) is 8.36. The molecule has 0 fully saturated rings. The van der Waals surface area contributed by atoms with Crippen LogP contribution in [0.25, 0.3) is 16.5 Å². The summed E-state index contributed by atoms with van der Waals surface area (Å²) in [5.74, 6) is 0.561. The maximum atomic E-state index is 13.7. The minimum Gasteiger partial charge on any atom is -0.358 e. The van der Waals surface area contributed by atoms with Crippen LogP contribution < -0.4 is 5.32 Å². The molecular weight excluding hydrogens is 347 g/mol. The zero-order valence-electron chi connectivity index (χ0n) is 16.2. The molecule has 2 N–H and O–H groups in total. The molecule has 2 atom stereocenters. The van der Waals surface area contributed by atoms with Crippen molar-refractivity contribution in [1.82, 2.24) is 10.3 Å². The molecule has 2 aliphatic rings. The van der Waals surface area contributed by atoms with Crippen molar-refractivity contribution in [2.75, 3.05) is 6.54 Å². The van der Waals surface area contributed by atoms with Crippen LogP contribution in [0.5, 0.6) is 0 Å². The number of fused-ring (bicyclic) bond motifs is 3. The fourth-order valence-electron chi connectivity index (χ4n) is 5.01. The van der Waals surface area contributed by atoms with E-state index in [1.807, 2.05) is 6.07 Å². The van der Waals surface area contributed by atoms with Gasteiger partial charge in [-0.25, -0.2) is 4.39 Å². The summed E-state index contributed by atoms with van der Waals surface area (Å²) in [7, 11) is 0. The molecule has 0 bridgehead atoms. The average molecular weight is 375 g/mol. The molecule has 2 aromatic carbocycles. The van der Waals surface area contributed by atoms with Crippen LogP contribution in [0.1, 0.15) is 42.5 Å². The fourth-order valence-corrected chi connectivity index (χ4v) is 5.01. The van der Waals surface area contributed by atoms with Gasteiger partial charge in [0.05, 0.1) is 0 Å². The Labute approximate surface area is 165 Å². The third-order valence-electron chi connectivity index (χ3n) is 6.54. The standard InChI is InChI=1S/C25H27FN2/c26-20-8-11-25-23(16-20)22-14-17(7-10-24(22)28-25)6-9-21-15-19(12-13-27-21)18-4-2-1-3-5-18/h1-5,8,11-12,16-17,21,27-28H,6-7,9-10,13-15H2. The smallest absolute Gasteiger partial charge is 0.123 e. The normalized spacial score (nSPS) is 22.1. The van der Waals surface area contributed by atoms with Crippen LogP contribution in [-0.2, 0) is 12.8 Å². The first-order chi connectivity index (χ1) is 13.8. The number of nitrogens with one attached hydrogen (secondary N) is 2. The van der Waals surface area contributed by atoms with Crippen molar-refractivity contribution in [3.05, 3.63) is 77.2 Å². The van der Waals surface area contributed by atoms with Gasteiger partial charge in [0.25, 0.3) is 0 Å². The average Bonchev–Trinajstić information content (AvgIpc) is 3.10. The van der Waals surface area contributed by atoms with Gasteiger partial charge in [-0.2, -0.15) is 0 Å². The number of hydrogen-bond donors (Lipinski definition) is 2. The van der Waals surface area contributed by atoms with Crippen LogP contribution in [0.2, 0.25) is 0 Å². The summed E-state index contributed by atoms with van der Waals surface area (Å²) < 4.78 is 13.7. The highest BCUT2D eigenvalue weighted by Gasteiger charge is 2.24. The lowest BCUT2D eigenvalue weighted by atomic mass is 9.82. The maximum absolute atomic E-state index is 13.7. The Morgan fingerprint density at radius 1 is 1.00 bits per heavy atom. The highest BCUT2D eigenvalue weighted by Crippen LogP contribution is 2.35. The highest BCUT2D eigenvalue weighted by atomic mass is 19.1. The van der Waals surface area contributed by atoms with Gasteiger partial charge in [0.2, 0.25) is 0 Å². The minimum atomic E-state index is -0.136. The molecule has 0 saturated carbocycles. The Morgan fingerprint density at radius 2 is 1.89 bits per heavy atom. The molecule has 1 aliphatic heterocycles. The number of aromatic nitrogens is 1. The first-order valence-corrected chi connectivity index (χ1v) is 10.5. The van der Waals surface area contributed by atoms with E-state index in [2.05, 4.69) is 46.7 Å². The van der Waals surface area contributed by atoms with E-state index in [1.54, 1.807) is 12.1 Å². The van der Waals surface area contributed by atoms with Gasteiger partial charge >= 0.3 is 0 Å². The topological polar surface area (TPSA) is 27.8 Å². The van der Waals surface area contributed by atoms with E-state index in [1.165, 1.54) is 41.7 Å². The Morgan fingerprint density at radius 3 is 2.79 bits per heavy atom. The molecule has 0 radical (unpaired) electrons. The van der Waals surface area contributed by atoms with Crippen LogP contribution in [0.15, 0.2) is 54.6 Å². The van der Waals surface area contributed by atoms with E-state index < -0.39 is 0 Å². The molecule has 2 heterocycles. The second-order valence-corrected chi connectivity index (χ2v) is 8.36. The summed E-state index contributed by atoms with van der Waals surface area (Å²) in [5.41, 5.74) is 6.59. The molecule has 0 amide bonds. The first kappa shape index (κ1) is 17.7. The fraction of sp³-hybridized carbons (Fsp3) is 0.360. The summed E-state index contributed by atoms with van der Waals surface area (Å²) in [6, 6.07) is 16.4. The zero-order chi connectivity index (χ0) is 18.9. The molecule has 28 heavy (non-hydrogen) atoms. The number of aryl methyl sites for hydroxylation is 1. The largest absolute Gasteiger partial charge is 0.358 e. The quantitative estimate of drug-likeness (QED) is 0.608. The lowest BCUT2D eigenvalue weighted by Crippen LogP contribution is -2.33. The zero-order valence-corrected chi connectivity index (χ0v) is 16.2. The van der Waals surface area contributed by atoms with Crippen molar-refractivity contribution in [1.29, 1.82) is 0 Å². The van der Waals surface area contributed by atoms with Crippen molar-refractivity contribution >= 4 is 16.5 Å². The first-order valence-electron chi connectivity index (χ1n) is 10.5. The Balaban J connectivity index is 1.23. The maximum Gasteiger partial charge on any atom is 0.123 e. The summed E-state index contributed by atoms with van der Waals surface area (Å²) in [6.45, 7) is 0.964. The number of hydrogen-bond acceptors (Lipinski definition) is 1. The molecule has 0 spiro atoms. The van der Waals surface area contributed by atoms with Crippen molar-refractivity contribution in [2.24, 2.45) is 5.92 Å². The third kappa shape index (κ3) is 3.51. The van der Waals surface area contributed by atoms with Gasteiger partial charge in [-0.3, -0.25) is 0 Å². The van der Waals surface area contributed by atoms with E-state index >= 15 is 0 Å². The highest BCUT2D eigenvalue weighted by molar-refractivity contribution is 5.85. The monoisotopic (exact) mass is 374 g/mol. The van der Waals surface area contributed by atoms with Crippen LogP contribution in [0.4, 0.5) is 4.39 Å². The van der Waals surface area contributed by atoms with Crippen LogP contribution >= 0.6 is 0 Å². The van der Waals surface area contributed by atoms with E-state index in [0.717, 1.165) is 36.7 Å². The van der Waals surface area contributed by atoms with Gasteiger partial charge in [0.15, 0.2) is 0 Å². The predicted octanol–water partition coefficient (Wildman–Crippen LogP) is 5.64. The molecular formula is C25H27FN2. The lowest BCUT2D eigenvalue weighted by Gasteiger charge is -2.28. The number of benzene rings is 2. The van der Waals surface area contributed by atoms with E-state index in [9.17, 15) is 4.39 Å². The second kappa shape index (κ2) is 7.56. The lowest BCUT2D eigenvalue weighted by molar-refractivity contribution is 0.374. The molecule has 144 valence electrons. The van der Waals surface area contributed by atoms with Gasteiger partial charge in [-0.15, -0.1) is 0 Å². The van der Waals surface area contributed by atoms with E-state index in [-0.39, 0.29) is 5.82 Å². The number of H-pyrrole nitrogens is 1. The van der Waals surface area contributed by atoms with Crippen molar-refractivity contribution in [3.63, 3.8) is 0 Å². The third-order valence-corrected chi connectivity index (χ3v) is 6.54. The number of aromatic amines is 1. The van der Waals surface area contributed by atoms with Crippen LogP contribution in [-0.4, -0.2) is 17.6 Å². The molecule has 3 heteroatoms. The number of halogens is 1. The predicted molar refractivity (Wildman–Crippen MR) is 114 cm³/mol. The molecule has 0 saturated heterocycles. The Bertz CT molecular complexity index is 1000. The summed E-state index contributed by atoms with van der Waals surface area (Å²) in [4.78, 5) is 3.51. The number of rotatable bonds is 4. The van der Waals surface area contributed by atoms with Gasteiger partial charge in [-0.1, -0.05) is 36.4 Å². The molecule has 2 nitrogen and oxygen atoms in total. The summed E-state index contributed by atoms with van der Waals surface area (Å²) in [6.07, 6.45) is 9.29. The SMILES string of the molecule is Fc1ccc2[nH]c3c(c2c1)CC(CCC1CC(c2ccccc2)=CCN1)CC3. The minimum absolute atomic E-state index is 0.136. The van der Waals surface area contributed by atoms with Gasteiger partial charge < -0.3 is 10.3 Å². The van der Waals surface area contributed by atoms with Crippen molar-refractivity contribution in [2.45, 2.75) is 44.6 Å². The summed E-state index contributed by atoms with van der Waals surface area (Å²) in [5, 5.41) is 4.77. The van der Waals surface area contributed by atoms with Crippen molar-refractivity contribution < 1.29 is 4.39 Å².